The van der Waals surface area contributed by atoms with Gasteiger partial charge in [0.05, 0.1) is 16.7 Å². The van der Waals surface area contributed by atoms with E-state index in [1.807, 2.05) is 0 Å². The molecule has 11 aromatic rings. The van der Waals surface area contributed by atoms with E-state index >= 15 is 0 Å². The van der Waals surface area contributed by atoms with E-state index in [1.165, 1.54) is 60.4 Å². The van der Waals surface area contributed by atoms with Gasteiger partial charge in [-0.05, 0) is 98.9 Å². The van der Waals surface area contributed by atoms with Crippen LogP contribution in [0.1, 0.15) is 0 Å². The van der Waals surface area contributed by atoms with Gasteiger partial charge in [0.2, 0.25) is 0 Å². The third-order valence-electron chi connectivity index (χ3n) is 11.8. The molecule has 1 heterocycles. The van der Waals surface area contributed by atoms with Crippen LogP contribution in [-0.4, -0.2) is 4.57 Å². The van der Waals surface area contributed by atoms with Crippen LogP contribution in [0.25, 0.3) is 82.8 Å². The van der Waals surface area contributed by atoms with Crippen LogP contribution in [0.4, 0.5) is 17.1 Å². The second-order valence-electron chi connectivity index (χ2n) is 15.3. The molecule has 2 nitrogen and oxygen atoms in total. The third-order valence-corrected chi connectivity index (χ3v) is 11.8. The minimum atomic E-state index is 1.09. The average Bonchev–Trinajstić information content (AvgIpc) is 3.68. The van der Waals surface area contributed by atoms with E-state index < -0.39 is 0 Å². The Bertz CT molecular complexity index is 3170. The van der Waals surface area contributed by atoms with Crippen molar-refractivity contribution in [2.75, 3.05) is 4.90 Å². The van der Waals surface area contributed by atoms with Gasteiger partial charge in [0, 0.05) is 38.8 Å². The summed E-state index contributed by atoms with van der Waals surface area (Å²) >= 11 is 0. The SMILES string of the molecule is c1ccc(-c2ccc(N(c3ccc(-c4ccccc4)cc3)c3ccc(-c4ccc(-n5c6ccccc6c6ccc7ccccc7c65)cc4)cc3-c3ccccc3)cc2)cc1. The summed E-state index contributed by atoms with van der Waals surface area (Å²) in [5.74, 6) is 0. The van der Waals surface area contributed by atoms with Crippen molar-refractivity contribution in [3.63, 3.8) is 0 Å². The van der Waals surface area contributed by atoms with E-state index in [-0.39, 0.29) is 0 Å². The lowest BCUT2D eigenvalue weighted by molar-refractivity contribution is 1.19. The lowest BCUT2D eigenvalue weighted by atomic mass is 9.95. The standard InChI is InChI=1S/C58H40N2/c1-4-14-41(15-5-1)43-24-32-49(33-25-43)59(50-34-26-44(27-35-50)42-16-6-2-7-17-42)57-39-31-48(40-55(57)46-18-8-3-9-19-46)45-28-36-51(37-29-45)60-56-23-13-12-22-53(56)54-38-30-47-20-10-11-21-52(47)58(54)60/h1-40H. The van der Waals surface area contributed by atoms with Gasteiger partial charge in [0.1, 0.15) is 0 Å². The summed E-state index contributed by atoms with van der Waals surface area (Å²) in [6, 6.07) is 87.8. The van der Waals surface area contributed by atoms with Crippen molar-refractivity contribution in [2.45, 2.75) is 0 Å². The van der Waals surface area contributed by atoms with Crippen molar-refractivity contribution >= 4 is 49.6 Å². The maximum atomic E-state index is 2.43. The molecule has 11 rings (SSSR count). The number of anilines is 3. The predicted octanol–water partition coefficient (Wildman–Crippen LogP) is 16.1. The van der Waals surface area contributed by atoms with Gasteiger partial charge in [-0.2, -0.15) is 0 Å². The Morgan fingerprint density at radius 2 is 0.767 bits per heavy atom. The van der Waals surface area contributed by atoms with Crippen molar-refractivity contribution in [1.29, 1.82) is 0 Å². The van der Waals surface area contributed by atoms with Crippen molar-refractivity contribution in [2.24, 2.45) is 0 Å². The molecule has 2 heteroatoms. The van der Waals surface area contributed by atoms with Crippen LogP contribution in [0.5, 0.6) is 0 Å². The van der Waals surface area contributed by atoms with Crippen LogP contribution < -0.4 is 4.90 Å². The summed E-state index contributed by atoms with van der Waals surface area (Å²) in [7, 11) is 0. The minimum Gasteiger partial charge on any atom is -0.310 e. The number of fused-ring (bicyclic) bond motifs is 5. The van der Waals surface area contributed by atoms with Crippen LogP contribution in [0.3, 0.4) is 0 Å². The predicted molar refractivity (Wildman–Crippen MR) is 255 cm³/mol. The number of para-hydroxylation sites is 1. The quantitative estimate of drug-likeness (QED) is 0.150. The molecule has 0 aliphatic carbocycles. The summed E-state index contributed by atoms with van der Waals surface area (Å²) in [4.78, 5) is 2.39. The van der Waals surface area contributed by atoms with Gasteiger partial charge in [-0.25, -0.2) is 0 Å². The van der Waals surface area contributed by atoms with Gasteiger partial charge < -0.3 is 9.47 Å². The Kier molecular flexibility index (Phi) is 8.87. The largest absolute Gasteiger partial charge is 0.310 e. The molecule has 0 aliphatic rings. The number of hydrogen-bond acceptors (Lipinski definition) is 1. The maximum absolute atomic E-state index is 2.43. The molecule has 0 saturated carbocycles. The molecule has 0 bridgehead atoms. The van der Waals surface area contributed by atoms with E-state index in [1.54, 1.807) is 0 Å². The fourth-order valence-corrected chi connectivity index (χ4v) is 8.86. The first kappa shape index (κ1) is 35.2. The van der Waals surface area contributed by atoms with Gasteiger partial charge in [-0.1, -0.05) is 188 Å². The minimum absolute atomic E-state index is 1.09. The molecular formula is C58H40N2. The summed E-state index contributed by atoms with van der Waals surface area (Å²) in [5, 5.41) is 5.03. The molecule has 0 radical (unpaired) electrons. The normalized spacial score (nSPS) is 11.3. The molecule has 0 N–H and O–H groups in total. The molecule has 0 amide bonds. The van der Waals surface area contributed by atoms with Crippen LogP contribution in [0.2, 0.25) is 0 Å². The van der Waals surface area contributed by atoms with E-state index in [0.717, 1.165) is 39.4 Å². The monoisotopic (exact) mass is 764 g/mol. The molecular weight excluding hydrogens is 725 g/mol. The average molecular weight is 765 g/mol. The highest BCUT2D eigenvalue weighted by Gasteiger charge is 2.20. The molecule has 1 aromatic heterocycles. The Morgan fingerprint density at radius 1 is 0.300 bits per heavy atom. The van der Waals surface area contributed by atoms with Gasteiger partial charge >= 0.3 is 0 Å². The molecule has 0 fully saturated rings. The zero-order chi connectivity index (χ0) is 39.8. The highest BCUT2D eigenvalue weighted by Crippen LogP contribution is 2.44. The first-order chi connectivity index (χ1) is 29.8. The van der Waals surface area contributed by atoms with Crippen LogP contribution >= 0.6 is 0 Å². The molecule has 0 aliphatic heterocycles. The van der Waals surface area contributed by atoms with Gasteiger partial charge in [-0.3, -0.25) is 0 Å². The van der Waals surface area contributed by atoms with E-state index in [4.69, 9.17) is 0 Å². The summed E-state index contributed by atoms with van der Waals surface area (Å²) in [6.45, 7) is 0. The fourth-order valence-electron chi connectivity index (χ4n) is 8.86. The van der Waals surface area contributed by atoms with Crippen LogP contribution in [0.15, 0.2) is 243 Å². The van der Waals surface area contributed by atoms with E-state index in [9.17, 15) is 0 Å². The van der Waals surface area contributed by atoms with Crippen molar-refractivity contribution in [3.05, 3.63) is 243 Å². The Hall–Kier alpha value is -7.94. The third kappa shape index (κ3) is 6.32. The van der Waals surface area contributed by atoms with Gasteiger partial charge in [0.25, 0.3) is 0 Å². The van der Waals surface area contributed by atoms with E-state index in [0.29, 0.717) is 0 Å². The van der Waals surface area contributed by atoms with Gasteiger partial charge in [0.15, 0.2) is 0 Å². The molecule has 10 aromatic carbocycles. The second-order valence-corrected chi connectivity index (χ2v) is 15.3. The van der Waals surface area contributed by atoms with Crippen LogP contribution in [-0.2, 0) is 0 Å². The lowest BCUT2D eigenvalue weighted by Gasteiger charge is -2.29. The molecule has 0 atom stereocenters. The summed E-state index contributed by atoms with van der Waals surface area (Å²) in [6.07, 6.45) is 0. The summed E-state index contributed by atoms with van der Waals surface area (Å²) in [5.41, 5.74) is 16.3. The number of rotatable bonds is 8. The van der Waals surface area contributed by atoms with Gasteiger partial charge in [-0.15, -0.1) is 0 Å². The Morgan fingerprint density at radius 3 is 1.38 bits per heavy atom. The first-order valence-corrected chi connectivity index (χ1v) is 20.6. The smallest absolute Gasteiger partial charge is 0.0619 e. The topological polar surface area (TPSA) is 8.17 Å². The van der Waals surface area contributed by atoms with Crippen LogP contribution in [0, 0.1) is 0 Å². The number of aromatic nitrogens is 1. The van der Waals surface area contributed by atoms with Crippen molar-refractivity contribution in [1.82, 2.24) is 4.57 Å². The van der Waals surface area contributed by atoms with Crippen molar-refractivity contribution in [3.8, 4) is 50.2 Å². The van der Waals surface area contributed by atoms with Crippen molar-refractivity contribution < 1.29 is 0 Å². The molecule has 0 unspecified atom stereocenters. The molecule has 282 valence electrons. The highest BCUT2D eigenvalue weighted by molar-refractivity contribution is 6.18. The number of nitrogens with zero attached hydrogens (tertiary/aromatic N) is 2. The Balaban J connectivity index is 1.04. The fraction of sp³-hybridized carbons (Fsp3) is 0. The zero-order valence-electron chi connectivity index (χ0n) is 33.0. The highest BCUT2D eigenvalue weighted by atomic mass is 15.1. The van der Waals surface area contributed by atoms with E-state index in [2.05, 4.69) is 252 Å². The number of hydrogen-bond donors (Lipinski definition) is 0. The molecule has 0 spiro atoms. The zero-order valence-corrected chi connectivity index (χ0v) is 33.0. The molecule has 60 heavy (non-hydrogen) atoms. The lowest BCUT2D eigenvalue weighted by Crippen LogP contribution is -2.11. The summed E-state index contributed by atoms with van der Waals surface area (Å²) < 4.78 is 2.43. The Labute approximate surface area is 350 Å². The second kappa shape index (κ2) is 15.1. The maximum Gasteiger partial charge on any atom is 0.0619 e. The molecule has 0 saturated heterocycles. The first-order valence-electron chi connectivity index (χ1n) is 20.6. The number of benzene rings is 10.